The molecule has 0 radical (unpaired) electrons. The van der Waals surface area contributed by atoms with Crippen LogP contribution in [0, 0.1) is 0 Å². The number of hydrogen-bond donors (Lipinski definition) is 1. The average Bonchev–Trinajstić information content (AvgIpc) is 3.05. The van der Waals surface area contributed by atoms with Gasteiger partial charge in [-0.2, -0.15) is 0 Å². The van der Waals surface area contributed by atoms with Gasteiger partial charge in [-0.3, -0.25) is 4.79 Å². The maximum absolute atomic E-state index is 11.3. The molecule has 154 valence electrons. The molecule has 29 heavy (non-hydrogen) atoms. The average molecular weight is 410 g/mol. The number of unbranched alkanes of at least 4 members (excludes halogenated alkanes) is 3. The maximum atomic E-state index is 11.3. The number of fused-ring (bicyclic) bond motifs is 1. The van der Waals surface area contributed by atoms with E-state index < -0.39 is 0 Å². The minimum Gasteiger partial charge on any atom is -0.494 e. The van der Waals surface area contributed by atoms with Crippen molar-refractivity contribution in [2.24, 2.45) is 0 Å². The van der Waals surface area contributed by atoms with Gasteiger partial charge < -0.3 is 10.1 Å². The predicted octanol–water partition coefficient (Wildman–Crippen LogP) is 6.13. The highest BCUT2D eigenvalue weighted by Gasteiger charge is 2.14. The van der Waals surface area contributed by atoms with Gasteiger partial charge in [0.2, 0.25) is 5.91 Å². The summed E-state index contributed by atoms with van der Waals surface area (Å²) in [6, 6.07) is 17.0. The lowest BCUT2D eigenvalue weighted by molar-refractivity contribution is -0.118. The van der Waals surface area contributed by atoms with Crippen molar-refractivity contribution < 1.29 is 9.53 Å². The van der Waals surface area contributed by atoms with Gasteiger partial charge in [0.25, 0.3) is 0 Å². The summed E-state index contributed by atoms with van der Waals surface area (Å²) in [6.45, 7) is 5.22. The van der Waals surface area contributed by atoms with Crippen LogP contribution in [0.3, 0.4) is 0 Å². The second kappa shape index (κ2) is 11.0. The first-order chi connectivity index (χ1) is 14.2. The van der Waals surface area contributed by atoms with E-state index in [9.17, 15) is 4.79 Å². The molecule has 1 aromatic heterocycles. The van der Waals surface area contributed by atoms with Gasteiger partial charge in [0.1, 0.15) is 5.75 Å². The van der Waals surface area contributed by atoms with Gasteiger partial charge in [0.05, 0.1) is 6.61 Å². The highest BCUT2D eigenvalue weighted by Crippen LogP contribution is 2.35. The Kier molecular flexibility index (Phi) is 8.12. The van der Waals surface area contributed by atoms with Crippen LogP contribution in [-0.4, -0.2) is 19.1 Å². The van der Waals surface area contributed by atoms with E-state index >= 15 is 0 Å². The lowest BCUT2D eigenvalue weighted by Crippen LogP contribution is -2.22. The maximum Gasteiger partial charge on any atom is 0.216 e. The number of thiophene rings is 1. The van der Waals surface area contributed by atoms with Crippen molar-refractivity contribution in [1.29, 1.82) is 0 Å². The van der Waals surface area contributed by atoms with E-state index in [0.717, 1.165) is 31.6 Å². The highest BCUT2D eigenvalue weighted by atomic mass is 32.1. The Morgan fingerprint density at radius 1 is 1.07 bits per heavy atom. The van der Waals surface area contributed by atoms with Crippen LogP contribution in [0.2, 0.25) is 0 Å². The zero-order valence-electron chi connectivity index (χ0n) is 17.5. The summed E-state index contributed by atoms with van der Waals surface area (Å²) in [5.74, 6) is 0.962. The summed E-state index contributed by atoms with van der Waals surface area (Å²) >= 11 is 1.85. The molecule has 0 saturated heterocycles. The minimum absolute atomic E-state index is 0.0187. The predicted molar refractivity (Wildman–Crippen MR) is 123 cm³/mol. The summed E-state index contributed by atoms with van der Waals surface area (Å²) in [4.78, 5) is 12.7. The molecule has 3 rings (SSSR count). The quantitative estimate of drug-likeness (QED) is 0.387. The zero-order valence-corrected chi connectivity index (χ0v) is 18.3. The van der Waals surface area contributed by atoms with Crippen LogP contribution in [-0.2, 0) is 17.6 Å². The zero-order chi connectivity index (χ0) is 20.5. The van der Waals surface area contributed by atoms with Gasteiger partial charge in [0.15, 0.2) is 0 Å². The molecule has 2 aromatic carbocycles. The molecule has 4 heteroatoms. The largest absolute Gasteiger partial charge is 0.494 e. The van der Waals surface area contributed by atoms with Crippen LogP contribution >= 0.6 is 11.3 Å². The fraction of sp³-hybridized carbons (Fsp3) is 0.400. The standard InChI is InChI=1S/C25H31NO2S/c1-3-4-5-9-16-28-21-12-13-24-23(18-21)22(14-15-26-19(2)27)25(29-24)17-20-10-7-6-8-11-20/h6-8,10-13,18H,3-5,9,14-17H2,1-2H3,(H,26,27). The number of carbonyl (C=O) groups is 1. The lowest BCUT2D eigenvalue weighted by atomic mass is 10.0. The first-order valence-electron chi connectivity index (χ1n) is 10.6. The van der Waals surface area contributed by atoms with Crippen molar-refractivity contribution in [2.45, 2.75) is 52.4 Å². The number of rotatable bonds is 11. The Morgan fingerprint density at radius 2 is 1.90 bits per heavy atom. The monoisotopic (exact) mass is 409 g/mol. The van der Waals surface area contributed by atoms with Gasteiger partial charge in [-0.1, -0.05) is 56.5 Å². The van der Waals surface area contributed by atoms with Crippen LogP contribution in [0.15, 0.2) is 48.5 Å². The Hall–Kier alpha value is -2.33. The summed E-state index contributed by atoms with van der Waals surface area (Å²) in [5.41, 5.74) is 2.64. The lowest BCUT2D eigenvalue weighted by Gasteiger charge is -2.08. The number of carbonyl (C=O) groups excluding carboxylic acids is 1. The summed E-state index contributed by atoms with van der Waals surface area (Å²) in [5, 5.41) is 4.20. The number of benzene rings is 2. The minimum atomic E-state index is 0.0187. The topological polar surface area (TPSA) is 38.3 Å². The Bertz CT molecular complexity index is 917. The first-order valence-corrected chi connectivity index (χ1v) is 11.4. The van der Waals surface area contributed by atoms with Gasteiger partial charge in [0, 0.05) is 29.5 Å². The molecular formula is C25H31NO2S. The van der Waals surface area contributed by atoms with Crippen molar-refractivity contribution in [2.75, 3.05) is 13.2 Å². The third-order valence-electron chi connectivity index (χ3n) is 5.07. The Labute approximate surface area is 178 Å². The van der Waals surface area contributed by atoms with Crippen molar-refractivity contribution in [3.05, 3.63) is 64.5 Å². The third-order valence-corrected chi connectivity index (χ3v) is 6.28. The molecule has 1 amide bonds. The van der Waals surface area contributed by atoms with E-state index in [0.29, 0.717) is 6.54 Å². The molecular weight excluding hydrogens is 378 g/mol. The van der Waals surface area contributed by atoms with E-state index in [4.69, 9.17) is 4.74 Å². The molecule has 0 fully saturated rings. The van der Waals surface area contributed by atoms with Gasteiger partial charge in [-0.15, -0.1) is 11.3 Å². The van der Waals surface area contributed by atoms with E-state index in [1.165, 1.54) is 45.4 Å². The fourth-order valence-corrected chi connectivity index (χ4v) is 4.82. The van der Waals surface area contributed by atoms with Crippen LogP contribution < -0.4 is 10.1 Å². The van der Waals surface area contributed by atoms with Crippen molar-refractivity contribution in [1.82, 2.24) is 5.32 Å². The molecule has 0 bridgehead atoms. The van der Waals surface area contributed by atoms with Crippen molar-refractivity contribution >= 4 is 27.3 Å². The van der Waals surface area contributed by atoms with Gasteiger partial charge >= 0.3 is 0 Å². The molecule has 3 aromatic rings. The van der Waals surface area contributed by atoms with E-state index in [2.05, 4.69) is 60.8 Å². The molecule has 0 aliphatic rings. The fourth-order valence-electron chi connectivity index (χ4n) is 3.55. The highest BCUT2D eigenvalue weighted by molar-refractivity contribution is 7.19. The molecule has 0 unspecified atom stereocenters. The van der Waals surface area contributed by atoms with Crippen LogP contribution in [0.4, 0.5) is 0 Å². The number of nitrogens with one attached hydrogen (secondary N) is 1. The normalized spacial score (nSPS) is 11.0. The third kappa shape index (κ3) is 6.33. The number of amides is 1. The molecule has 1 N–H and O–H groups in total. The molecule has 3 nitrogen and oxygen atoms in total. The van der Waals surface area contributed by atoms with Crippen LogP contribution in [0.5, 0.6) is 5.75 Å². The van der Waals surface area contributed by atoms with E-state index in [1.807, 2.05) is 11.3 Å². The number of hydrogen-bond acceptors (Lipinski definition) is 3. The van der Waals surface area contributed by atoms with E-state index in [-0.39, 0.29) is 5.91 Å². The van der Waals surface area contributed by atoms with E-state index in [1.54, 1.807) is 6.92 Å². The Balaban J connectivity index is 1.81. The van der Waals surface area contributed by atoms with Crippen LogP contribution in [0.25, 0.3) is 10.1 Å². The molecule has 0 aliphatic carbocycles. The Morgan fingerprint density at radius 3 is 2.66 bits per heavy atom. The SMILES string of the molecule is CCCCCCOc1ccc2sc(Cc3ccccc3)c(CCNC(C)=O)c2c1. The summed E-state index contributed by atoms with van der Waals surface area (Å²) in [6.07, 6.45) is 6.58. The van der Waals surface area contributed by atoms with Gasteiger partial charge in [-0.05, 0) is 47.6 Å². The van der Waals surface area contributed by atoms with Crippen molar-refractivity contribution in [3.63, 3.8) is 0 Å². The smallest absolute Gasteiger partial charge is 0.216 e. The summed E-state index contributed by atoms with van der Waals surface area (Å²) in [7, 11) is 0. The van der Waals surface area contributed by atoms with Crippen LogP contribution in [0.1, 0.15) is 55.5 Å². The second-order valence-corrected chi connectivity index (χ2v) is 8.60. The first kappa shape index (κ1) is 21.4. The van der Waals surface area contributed by atoms with Gasteiger partial charge in [-0.25, -0.2) is 0 Å². The molecule has 0 atom stereocenters. The number of ether oxygens (including phenoxy) is 1. The molecule has 0 spiro atoms. The second-order valence-electron chi connectivity index (χ2n) is 7.47. The summed E-state index contributed by atoms with van der Waals surface area (Å²) < 4.78 is 7.31. The molecule has 1 heterocycles. The van der Waals surface area contributed by atoms with Crippen molar-refractivity contribution in [3.8, 4) is 5.75 Å². The molecule has 0 aliphatic heterocycles. The molecule has 0 saturated carbocycles.